The van der Waals surface area contributed by atoms with Gasteiger partial charge in [0, 0.05) is 11.8 Å². The lowest BCUT2D eigenvalue weighted by molar-refractivity contribution is 0.0436. The lowest BCUT2D eigenvalue weighted by Gasteiger charge is -2.10. The van der Waals surface area contributed by atoms with E-state index in [1.165, 1.54) is 12.0 Å². The molecule has 1 aliphatic rings. The van der Waals surface area contributed by atoms with E-state index in [0.717, 1.165) is 16.7 Å². The molecule has 0 aromatic carbocycles. The van der Waals surface area contributed by atoms with Crippen LogP contribution in [0, 0.1) is 10.6 Å². The summed E-state index contributed by atoms with van der Waals surface area (Å²) in [5.74, 6) is 0. The number of aryl methyl sites for hydroxylation is 1. The summed E-state index contributed by atoms with van der Waals surface area (Å²) in [7, 11) is 0. The molecule has 0 amide bonds. The molecule has 1 aromatic rings. The van der Waals surface area contributed by atoms with Gasteiger partial charge >= 0.3 is 0 Å². The van der Waals surface area contributed by atoms with Crippen LogP contribution in [0.3, 0.4) is 0 Å². The highest BCUT2D eigenvalue weighted by molar-refractivity contribution is 14.1. The minimum Gasteiger partial charge on any atom is -0.373 e. The third-order valence-corrected chi connectivity index (χ3v) is 3.66. The summed E-state index contributed by atoms with van der Waals surface area (Å²) in [5, 5.41) is 4.42. The fraction of sp³-hybridized carbons (Fsp3) is 0.700. The van der Waals surface area contributed by atoms with E-state index in [1.807, 2.05) is 4.68 Å². The van der Waals surface area contributed by atoms with E-state index in [2.05, 4.69) is 47.7 Å². The summed E-state index contributed by atoms with van der Waals surface area (Å²) in [6.45, 7) is 5.12. The molecule has 0 N–H and O–H groups in total. The number of hydrogen-bond acceptors (Lipinski definition) is 2. The molecule has 0 aliphatic carbocycles. The maximum absolute atomic E-state index is 5.75. The van der Waals surface area contributed by atoms with Gasteiger partial charge < -0.3 is 4.74 Å². The van der Waals surface area contributed by atoms with Crippen molar-refractivity contribution in [2.75, 3.05) is 0 Å². The van der Waals surface area contributed by atoms with E-state index in [4.69, 9.17) is 4.74 Å². The Bertz CT molecular complexity index is 304. The van der Waals surface area contributed by atoms with E-state index < -0.39 is 0 Å². The number of hydrogen-bond donors (Lipinski definition) is 0. The van der Waals surface area contributed by atoms with Crippen molar-refractivity contribution in [1.82, 2.24) is 9.78 Å². The third kappa shape index (κ3) is 2.28. The smallest absolute Gasteiger partial charge is 0.126 e. The average molecular weight is 306 g/mol. The highest BCUT2D eigenvalue weighted by Crippen LogP contribution is 2.20. The van der Waals surface area contributed by atoms with Gasteiger partial charge in [-0.25, -0.2) is 0 Å². The molecule has 0 spiro atoms. The second kappa shape index (κ2) is 4.18. The summed E-state index contributed by atoms with van der Waals surface area (Å²) in [6, 6.07) is 0. The topological polar surface area (TPSA) is 27.1 Å². The van der Waals surface area contributed by atoms with Crippen LogP contribution in [0.5, 0.6) is 0 Å². The molecule has 0 radical (unpaired) electrons. The predicted molar refractivity (Wildman–Crippen MR) is 63.3 cm³/mol. The van der Waals surface area contributed by atoms with Crippen LogP contribution in [-0.4, -0.2) is 22.0 Å². The van der Waals surface area contributed by atoms with E-state index in [9.17, 15) is 0 Å². The number of ether oxygens (including phenoxy) is 1. The molecule has 2 rings (SSSR count). The summed E-state index contributed by atoms with van der Waals surface area (Å²) in [5.41, 5.74) is 1.25. The molecule has 2 unspecified atom stereocenters. The van der Waals surface area contributed by atoms with Crippen molar-refractivity contribution >= 4 is 22.6 Å². The van der Waals surface area contributed by atoms with Gasteiger partial charge in [-0.3, -0.25) is 4.68 Å². The largest absolute Gasteiger partial charge is 0.373 e. The zero-order valence-corrected chi connectivity index (χ0v) is 10.7. The van der Waals surface area contributed by atoms with E-state index >= 15 is 0 Å². The Morgan fingerprint density at radius 2 is 2.43 bits per heavy atom. The molecule has 14 heavy (non-hydrogen) atoms. The highest BCUT2D eigenvalue weighted by atomic mass is 127. The number of aromatic nitrogens is 2. The Labute approximate surface area is 98.0 Å². The molecule has 0 saturated carbocycles. The quantitative estimate of drug-likeness (QED) is 0.784. The molecular formula is C10H15IN2O. The fourth-order valence-electron chi connectivity index (χ4n) is 1.82. The van der Waals surface area contributed by atoms with Gasteiger partial charge in [0.1, 0.15) is 3.70 Å². The van der Waals surface area contributed by atoms with Crippen LogP contribution in [0.15, 0.2) is 6.20 Å². The van der Waals surface area contributed by atoms with Crippen molar-refractivity contribution in [3.8, 4) is 0 Å². The maximum atomic E-state index is 5.75. The molecule has 3 nitrogen and oxygen atoms in total. The Balaban J connectivity index is 1.97. The van der Waals surface area contributed by atoms with Crippen LogP contribution < -0.4 is 0 Å². The minimum absolute atomic E-state index is 0.361. The third-order valence-electron chi connectivity index (χ3n) is 2.59. The summed E-state index contributed by atoms with van der Waals surface area (Å²) in [4.78, 5) is 0. The zero-order chi connectivity index (χ0) is 10.1. The van der Waals surface area contributed by atoms with Crippen LogP contribution in [0.1, 0.15) is 25.3 Å². The summed E-state index contributed by atoms with van der Waals surface area (Å²) in [6.07, 6.45) is 5.23. The lowest BCUT2D eigenvalue weighted by atomic mass is 10.2. The van der Waals surface area contributed by atoms with Crippen molar-refractivity contribution in [2.45, 2.75) is 45.4 Å². The van der Waals surface area contributed by atoms with Crippen molar-refractivity contribution in [2.24, 2.45) is 0 Å². The summed E-state index contributed by atoms with van der Waals surface area (Å²) < 4.78 is 8.84. The van der Waals surface area contributed by atoms with Crippen LogP contribution in [-0.2, 0) is 11.3 Å². The van der Waals surface area contributed by atoms with Gasteiger partial charge in [-0.2, -0.15) is 5.10 Å². The first-order valence-electron chi connectivity index (χ1n) is 5.00. The molecule has 2 atom stereocenters. The standard InChI is InChI=1S/C10H15IN2O/c1-7-5-13(12-10(7)11)6-9-4-3-8(2)14-9/h5,8-9H,3-4,6H2,1-2H3. The van der Waals surface area contributed by atoms with Gasteiger partial charge in [0.25, 0.3) is 0 Å². The first-order valence-corrected chi connectivity index (χ1v) is 6.08. The molecule has 1 saturated heterocycles. The second-order valence-corrected chi connectivity index (χ2v) is 4.99. The monoisotopic (exact) mass is 306 g/mol. The van der Waals surface area contributed by atoms with Crippen LogP contribution in [0.25, 0.3) is 0 Å². The lowest BCUT2D eigenvalue weighted by Crippen LogP contribution is -2.16. The highest BCUT2D eigenvalue weighted by Gasteiger charge is 2.22. The number of rotatable bonds is 2. The van der Waals surface area contributed by atoms with Gasteiger partial charge in [0.2, 0.25) is 0 Å². The molecular weight excluding hydrogens is 291 g/mol. The summed E-state index contributed by atoms with van der Waals surface area (Å²) >= 11 is 2.26. The first kappa shape index (κ1) is 10.4. The number of halogens is 1. The Hall–Kier alpha value is -0.100. The van der Waals surface area contributed by atoms with Gasteiger partial charge in [0.15, 0.2) is 0 Å². The van der Waals surface area contributed by atoms with Crippen molar-refractivity contribution < 1.29 is 4.74 Å². The Morgan fingerprint density at radius 1 is 1.64 bits per heavy atom. The van der Waals surface area contributed by atoms with Crippen molar-refractivity contribution in [3.63, 3.8) is 0 Å². The van der Waals surface area contributed by atoms with Crippen molar-refractivity contribution in [1.29, 1.82) is 0 Å². The molecule has 4 heteroatoms. The molecule has 1 aromatic heterocycles. The second-order valence-electron chi connectivity index (χ2n) is 3.97. The minimum atomic E-state index is 0.361. The molecule has 1 aliphatic heterocycles. The van der Waals surface area contributed by atoms with Crippen LogP contribution >= 0.6 is 22.6 Å². The van der Waals surface area contributed by atoms with Crippen LogP contribution in [0.4, 0.5) is 0 Å². The van der Waals surface area contributed by atoms with Gasteiger partial charge in [-0.05, 0) is 49.3 Å². The zero-order valence-electron chi connectivity index (χ0n) is 8.53. The normalized spacial score (nSPS) is 27.1. The van der Waals surface area contributed by atoms with E-state index in [0.29, 0.717) is 12.2 Å². The number of nitrogens with zero attached hydrogens (tertiary/aromatic N) is 2. The van der Waals surface area contributed by atoms with E-state index in [-0.39, 0.29) is 0 Å². The first-order chi connectivity index (χ1) is 6.65. The Morgan fingerprint density at radius 3 is 2.93 bits per heavy atom. The predicted octanol–water partition coefficient (Wildman–Crippen LogP) is 2.36. The molecule has 78 valence electrons. The molecule has 0 bridgehead atoms. The van der Waals surface area contributed by atoms with Gasteiger partial charge in [0.05, 0.1) is 18.8 Å². The van der Waals surface area contributed by atoms with E-state index in [1.54, 1.807) is 0 Å². The maximum Gasteiger partial charge on any atom is 0.126 e. The fourth-order valence-corrected chi connectivity index (χ4v) is 2.24. The molecule has 2 heterocycles. The van der Waals surface area contributed by atoms with Gasteiger partial charge in [-0.15, -0.1) is 0 Å². The van der Waals surface area contributed by atoms with Crippen LogP contribution in [0.2, 0.25) is 0 Å². The van der Waals surface area contributed by atoms with Crippen molar-refractivity contribution in [3.05, 3.63) is 15.5 Å². The Kier molecular flexibility index (Phi) is 3.11. The van der Waals surface area contributed by atoms with Gasteiger partial charge in [-0.1, -0.05) is 0 Å². The average Bonchev–Trinajstić information content (AvgIpc) is 2.62. The molecule has 1 fully saturated rings. The SMILES string of the molecule is Cc1cn(CC2CCC(C)O2)nc1I.